The molecular formula is C17H23ClN2O6S. The van der Waals surface area contributed by atoms with E-state index in [1.54, 1.807) is 12.1 Å². The maximum absolute atomic E-state index is 13.0. The molecule has 0 spiro atoms. The molecule has 0 bridgehead atoms. The Bertz CT molecular complexity index is 785. The third-order valence-corrected chi connectivity index (χ3v) is 6.75. The Labute approximate surface area is 163 Å². The van der Waals surface area contributed by atoms with Crippen molar-refractivity contribution >= 4 is 33.7 Å². The van der Waals surface area contributed by atoms with Crippen molar-refractivity contribution in [2.75, 3.05) is 13.2 Å². The molecule has 0 aliphatic carbocycles. The van der Waals surface area contributed by atoms with Crippen LogP contribution in [0.2, 0.25) is 5.02 Å². The molecule has 1 aliphatic rings. The van der Waals surface area contributed by atoms with E-state index in [0.29, 0.717) is 6.42 Å². The number of alkyl carbamates (subject to hydrolysis) is 1. The first kappa shape index (κ1) is 21.5. The summed E-state index contributed by atoms with van der Waals surface area (Å²) in [6, 6.07) is 5.99. The molecule has 1 fully saturated rings. The predicted octanol–water partition coefficient (Wildman–Crippen LogP) is 2.68. The van der Waals surface area contributed by atoms with E-state index in [1.165, 1.54) is 12.1 Å². The molecule has 1 aromatic rings. The molecule has 1 aromatic carbocycles. The Morgan fingerprint density at radius 3 is 2.70 bits per heavy atom. The zero-order chi connectivity index (χ0) is 20.0. The Morgan fingerprint density at radius 2 is 2.07 bits per heavy atom. The van der Waals surface area contributed by atoms with E-state index in [0.717, 1.165) is 10.7 Å². The van der Waals surface area contributed by atoms with Crippen LogP contribution in [0, 0.1) is 5.92 Å². The number of aliphatic carboxylic acids is 1. The van der Waals surface area contributed by atoms with Crippen LogP contribution in [0.1, 0.15) is 32.6 Å². The fraction of sp³-hybridized carbons (Fsp3) is 0.529. The second-order valence-electron chi connectivity index (χ2n) is 6.26. The van der Waals surface area contributed by atoms with Crippen LogP contribution in [0.5, 0.6) is 0 Å². The zero-order valence-electron chi connectivity index (χ0n) is 14.9. The van der Waals surface area contributed by atoms with Crippen LogP contribution >= 0.6 is 11.6 Å². The molecule has 2 atom stereocenters. The minimum atomic E-state index is -4.02. The summed E-state index contributed by atoms with van der Waals surface area (Å²) in [5.74, 6) is -1.79. The average Bonchev–Trinajstić information content (AvgIpc) is 2.62. The lowest BCUT2D eigenvalue weighted by atomic mass is 9.96. The number of carboxylic acid groups (broad SMARTS) is 1. The highest BCUT2D eigenvalue weighted by atomic mass is 35.5. The van der Waals surface area contributed by atoms with Gasteiger partial charge < -0.3 is 15.2 Å². The normalized spacial score (nSPS) is 20.8. The van der Waals surface area contributed by atoms with E-state index < -0.39 is 34.2 Å². The van der Waals surface area contributed by atoms with Crippen LogP contribution < -0.4 is 5.32 Å². The number of unbranched alkanes of at least 4 members (excludes halogenated alkanes) is 1. The second-order valence-corrected chi connectivity index (χ2v) is 8.52. The SMILES string of the molecule is CCCCOC(=O)NC1CC(C(=O)O)CCN1S(=O)(=O)c1ccccc1Cl. The standard InChI is InChI=1S/C17H23ClN2O6S/c1-2-3-10-26-17(23)19-15-11-12(16(21)22)8-9-20(15)27(24,25)14-7-5-4-6-13(14)18/h4-7,12,15H,2-3,8-11H2,1H3,(H,19,23)(H,21,22). The summed E-state index contributed by atoms with van der Waals surface area (Å²) in [7, 11) is -4.02. The topological polar surface area (TPSA) is 113 Å². The van der Waals surface area contributed by atoms with E-state index in [4.69, 9.17) is 16.3 Å². The van der Waals surface area contributed by atoms with Gasteiger partial charge in [-0.05, 0) is 31.4 Å². The molecule has 1 heterocycles. The number of sulfonamides is 1. The molecule has 1 saturated heterocycles. The molecule has 10 heteroatoms. The third-order valence-electron chi connectivity index (χ3n) is 4.34. The van der Waals surface area contributed by atoms with Gasteiger partial charge in [0.15, 0.2) is 0 Å². The van der Waals surface area contributed by atoms with Gasteiger partial charge in [-0.2, -0.15) is 4.31 Å². The van der Waals surface area contributed by atoms with Crippen molar-refractivity contribution in [1.82, 2.24) is 9.62 Å². The first-order chi connectivity index (χ1) is 12.8. The number of carbonyl (C=O) groups excluding carboxylic acids is 1. The van der Waals surface area contributed by atoms with Crippen LogP contribution in [0.25, 0.3) is 0 Å². The Kier molecular flexibility index (Phi) is 7.46. The van der Waals surface area contributed by atoms with Crippen LogP contribution in [-0.4, -0.2) is 49.2 Å². The minimum absolute atomic E-state index is 0.0512. The number of amides is 1. The van der Waals surface area contributed by atoms with Crippen molar-refractivity contribution in [3.05, 3.63) is 29.3 Å². The van der Waals surface area contributed by atoms with Crippen molar-refractivity contribution in [2.24, 2.45) is 5.92 Å². The number of hydrogen-bond acceptors (Lipinski definition) is 5. The fourth-order valence-corrected chi connectivity index (χ4v) is 4.92. The van der Waals surface area contributed by atoms with Gasteiger partial charge in [0.1, 0.15) is 11.1 Å². The molecule has 0 saturated carbocycles. The molecule has 0 radical (unpaired) electrons. The van der Waals surface area contributed by atoms with Crippen LogP contribution in [0.15, 0.2) is 29.2 Å². The van der Waals surface area contributed by atoms with Gasteiger partial charge in [0.2, 0.25) is 10.0 Å². The van der Waals surface area contributed by atoms with Crippen molar-refractivity contribution in [2.45, 2.75) is 43.7 Å². The molecule has 150 valence electrons. The van der Waals surface area contributed by atoms with Crippen LogP contribution in [-0.2, 0) is 19.6 Å². The maximum atomic E-state index is 13.0. The molecule has 0 aromatic heterocycles. The zero-order valence-corrected chi connectivity index (χ0v) is 16.5. The van der Waals surface area contributed by atoms with Crippen molar-refractivity contribution in [3.63, 3.8) is 0 Å². The second kappa shape index (κ2) is 9.38. The van der Waals surface area contributed by atoms with Crippen LogP contribution in [0.4, 0.5) is 4.79 Å². The quantitative estimate of drug-likeness (QED) is 0.658. The summed E-state index contributed by atoms with van der Waals surface area (Å²) in [4.78, 5) is 23.3. The van der Waals surface area contributed by atoms with E-state index in [1.807, 2.05) is 6.92 Å². The lowest BCUT2D eigenvalue weighted by Gasteiger charge is -2.37. The molecule has 8 nitrogen and oxygen atoms in total. The van der Waals surface area contributed by atoms with E-state index >= 15 is 0 Å². The van der Waals surface area contributed by atoms with Gasteiger partial charge >= 0.3 is 12.1 Å². The lowest BCUT2D eigenvalue weighted by Crippen LogP contribution is -2.55. The summed E-state index contributed by atoms with van der Waals surface area (Å²) >= 11 is 6.03. The average molecular weight is 419 g/mol. The number of nitrogens with zero attached hydrogens (tertiary/aromatic N) is 1. The molecule has 27 heavy (non-hydrogen) atoms. The Morgan fingerprint density at radius 1 is 1.37 bits per heavy atom. The first-order valence-electron chi connectivity index (χ1n) is 8.69. The van der Waals surface area contributed by atoms with Gasteiger partial charge in [0, 0.05) is 6.54 Å². The molecular weight excluding hydrogens is 396 g/mol. The van der Waals surface area contributed by atoms with Gasteiger partial charge in [0.05, 0.1) is 17.5 Å². The first-order valence-corrected chi connectivity index (χ1v) is 10.5. The number of rotatable bonds is 7. The summed E-state index contributed by atoms with van der Waals surface area (Å²) in [5.41, 5.74) is 0. The van der Waals surface area contributed by atoms with Gasteiger partial charge in [-0.3, -0.25) is 4.79 Å². The summed E-state index contributed by atoms with van der Waals surface area (Å²) in [5, 5.41) is 11.8. The van der Waals surface area contributed by atoms with Crippen molar-refractivity contribution < 1.29 is 27.9 Å². The highest BCUT2D eigenvalue weighted by Gasteiger charge is 2.40. The molecule has 2 rings (SSSR count). The number of benzene rings is 1. The smallest absolute Gasteiger partial charge is 0.408 e. The monoisotopic (exact) mass is 418 g/mol. The largest absolute Gasteiger partial charge is 0.481 e. The third kappa shape index (κ3) is 5.33. The number of hydrogen-bond donors (Lipinski definition) is 2. The summed E-state index contributed by atoms with van der Waals surface area (Å²) in [6.45, 7) is 2.09. The van der Waals surface area contributed by atoms with Gasteiger partial charge in [-0.15, -0.1) is 0 Å². The van der Waals surface area contributed by atoms with Crippen molar-refractivity contribution in [1.29, 1.82) is 0 Å². The number of ether oxygens (including phenoxy) is 1. The fourth-order valence-electron chi connectivity index (χ4n) is 2.85. The number of carboxylic acids is 1. The number of halogens is 1. The van der Waals surface area contributed by atoms with E-state index in [2.05, 4.69) is 5.32 Å². The molecule has 1 amide bonds. The number of carbonyl (C=O) groups is 2. The Hall–Kier alpha value is -1.84. The molecule has 2 unspecified atom stereocenters. The summed E-state index contributed by atoms with van der Waals surface area (Å²) < 4.78 is 32.2. The number of nitrogens with one attached hydrogen (secondary N) is 1. The highest BCUT2D eigenvalue weighted by Crippen LogP contribution is 2.30. The maximum Gasteiger partial charge on any atom is 0.408 e. The Balaban J connectivity index is 2.24. The lowest BCUT2D eigenvalue weighted by molar-refractivity contribution is -0.143. The van der Waals surface area contributed by atoms with E-state index in [-0.39, 0.29) is 35.9 Å². The highest BCUT2D eigenvalue weighted by molar-refractivity contribution is 7.89. The molecule has 1 aliphatic heterocycles. The van der Waals surface area contributed by atoms with Gasteiger partial charge in [-0.1, -0.05) is 37.1 Å². The molecule has 2 N–H and O–H groups in total. The van der Waals surface area contributed by atoms with Crippen molar-refractivity contribution in [3.8, 4) is 0 Å². The van der Waals surface area contributed by atoms with Gasteiger partial charge in [-0.25, -0.2) is 13.2 Å². The van der Waals surface area contributed by atoms with E-state index in [9.17, 15) is 23.1 Å². The summed E-state index contributed by atoms with van der Waals surface area (Å²) in [6.07, 6.45) is -0.208. The number of piperidine rings is 1. The minimum Gasteiger partial charge on any atom is -0.481 e. The van der Waals surface area contributed by atoms with Gasteiger partial charge in [0.25, 0.3) is 0 Å². The van der Waals surface area contributed by atoms with Crippen LogP contribution in [0.3, 0.4) is 0 Å². The predicted molar refractivity (Wildman–Crippen MR) is 98.9 cm³/mol.